The van der Waals surface area contributed by atoms with Crippen LogP contribution >= 0.6 is 0 Å². The minimum Gasteiger partial charge on any atom is -0.481 e. The average Bonchev–Trinajstić information content (AvgIpc) is 2.64. The van der Waals surface area contributed by atoms with Gasteiger partial charge in [-0.25, -0.2) is 0 Å². The normalized spacial score (nSPS) is 16.9. The van der Waals surface area contributed by atoms with Crippen LogP contribution in [-0.2, 0) is 19.7 Å². The van der Waals surface area contributed by atoms with Crippen molar-refractivity contribution in [2.24, 2.45) is 5.92 Å². The molecule has 0 unspecified atom stereocenters. The maximum Gasteiger partial charge on any atom is 0.308 e. The second kappa shape index (κ2) is 8.56. The van der Waals surface area contributed by atoms with Crippen molar-refractivity contribution in [3.63, 3.8) is 0 Å². The van der Waals surface area contributed by atoms with Crippen LogP contribution in [0.4, 0.5) is 0 Å². The number of likely N-dealkylation sites (tertiary alicyclic amines) is 1. The molecule has 1 saturated heterocycles. The molecular formula is C21H31NO4. The molecule has 0 radical (unpaired) electrons. The molecule has 1 fully saturated rings. The minimum atomic E-state index is -0.495. The number of ether oxygens (including phenoxy) is 2. The Morgan fingerprint density at radius 2 is 1.73 bits per heavy atom. The van der Waals surface area contributed by atoms with Crippen LogP contribution in [0, 0.1) is 5.92 Å². The Balaban J connectivity index is 1.96. The first kappa shape index (κ1) is 20.3. The summed E-state index contributed by atoms with van der Waals surface area (Å²) in [5, 5.41) is 0. The van der Waals surface area contributed by atoms with E-state index in [0.29, 0.717) is 38.1 Å². The van der Waals surface area contributed by atoms with Gasteiger partial charge in [-0.2, -0.15) is 0 Å². The lowest BCUT2D eigenvalue weighted by atomic mass is 9.87. The van der Waals surface area contributed by atoms with Crippen LogP contribution in [-0.4, -0.2) is 43.1 Å². The van der Waals surface area contributed by atoms with E-state index >= 15 is 0 Å². The molecule has 0 saturated carbocycles. The van der Waals surface area contributed by atoms with Crippen LogP contribution in [0.2, 0.25) is 0 Å². The Morgan fingerprint density at radius 1 is 1.15 bits per heavy atom. The predicted molar refractivity (Wildman–Crippen MR) is 101 cm³/mol. The molecule has 0 N–H and O–H groups in total. The van der Waals surface area contributed by atoms with Crippen LogP contribution in [0.25, 0.3) is 0 Å². The van der Waals surface area contributed by atoms with Gasteiger partial charge in [0.25, 0.3) is 5.91 Å². The van der Waals surface area contributed by atoms with Crippen molar-refractivity contribution in [2.75, 3.05) is 20.2 Å². The van der Waals surface area contributed by atoms with Gasteiger partial charge in [0.1, 0.15) is 5.75 Å². The molecule has 1 amide bonds. The number of methoxy groups -OCH3 is 1. The number of piperidine rings is 1. The predicted octanol–water partition coefficient (Wildman–Crippen LogP) is 3.55. The SMILES string of the molecule is CC[C@H](Oc1ccc(C(C)(C)C)cc1)C(=O)N1CCC(C(=O)OC)CC1. The molecule has 26 heavy (non-hydrogen) atoms. The lowest BCUT2D eigenvalue weighted by molar-refractivity contribution is -0.150. The fourth-order valence-corrected chi connectivity index (χ4v) is 3.21. The topological polar surface area (TPSA) is 55.8 Å². The number of hydrogen-bond acceptors (Lipinski definition) is 4. The third-order valence-corrected chi connectivity index (χ3v) is 4.99. The highest BCUT2D eigenvalue weighted by atomic mass is 16.5. The van der Waals surface area contributed by atoms with Crippen molar-refractivity contribution in [2.45, 2.75) is 58.5 Å². The van der Waals surface area contributed by atoms with Crippen LogP contribution < -0.4 is 4.74 Å². The number of esters is 1. The number of amides is 1. The Morgan fingerprint density at radius 3 is 2.19 bits per heavy atom. The molecule has 0 bridgehead atoms. The highest BCUT2D eigenvalue weighted by Gasteiger charge is 2.31. The van der Waals surface area contributed by atoms with E-state index in [2.05, 4.69) is 20.8 Å². The van der Waals surface area contributed by atoms with Crippen molar-refractivity contribution in [3.8, 4) is 5.75 Å². The van der Waals surface area contributed by atoms with E-state index in [0.717, 1.165) is 0 Å². The van der Waals surface area contributed by atoms with Gasteiger partial charge in [0.2, 0.25) is 0 Å². The zero-order chi connectivity index (χ0) is 19.3. The monoisotopic (exact) mass is 361 g/mol. The fourth-order valence-electron chi connectivity index (χ4n) is 3.21. The summed E-state index contributed by atoms with van der Waals surface area (Å²) in [6.07, 6.45) is 1.41. The first-order valence-electron chi connectivity index (χ1n) is 9.40. The largest absolute Gasteiger partial charge is 0.481 e. The summed E-state index contributed by atoms with van der Waals surface area (Å²) in [7, 11) is 1.41. The lowest BCUT2D eigenvalue weighted by Crippen LogP contribution is -2.46. The van der Waals surface area contributed by atoms with E-state index in [1.165, 1.54) is 12.7 Å². The maximum absolute atomic E-state index is 12.8. The summed E-state index contributed by atoms with van der Waals surface area (Å²) >= 11 is 0. The van der Waals surface area contributed by atoms with Gasteiger partial charge in [0.15, 0.2) is 6.10 Å². The molecule has 1 aliphatic rings. The molecule has 144 valence electrons. The summed E-state index contributed by atoms with van der Waals surface area (Å²) in [6, 6.07) is 7.96. The smallest absolute Gasteiger partial charge is 0.308 e. The molecule has 1 aromatic carbocycles. The molecule has 5 heteroatoms. The van der Waals surface area contributed by atoms with Crippen LogP contribution in [0.15, 0.2) is 24.3 Å². The maximum atomic E-state index is 12.8. The third-order valence-electron chi connectivity index (χ3n) is 4.99. The first-order valence-corrected chi connectivity index (χ1v) is 9.40. The van der Waals surface area contributed by atoms with Crippen molar-refractivity contribution >= 4 is 11.9 Å². The fraction of sp³-hybridized carbons (Fsp3) is 0.619. The standard InChI is InChI=1S/C21H31NO4/c1-6-18(26-17-9-7-16(8-10-17)21(2,3)4)19(23)22-13-11-15(12-14-22)20(24)25-5/h7-10,15,18H,6,11-14H2,1-5H3/t18-/m0/s1. The summed E-state index contributed by atoms with van der Waals surface area (Å²) in [5.41, 5.74) is 1.32. The van der Waals surface area contributed by atoms with Crippen molar-refractivity contribution < 1.29 is 19.1 Å². The molecule has 0 aromatic heterocycles. The van der Waals surface area contributed by atoms with Crippen molar-refractivity contribution in [1.29, 1.82) is 0 Å². The summed E-state index contributed by atoms with van der Waals surface area (Å²) in [6.45, 7) is 9.59. The van der Waals surface area contributed by atoms with E-state index in [4.69, 9.17) is 9.47 Å². The molecular weight excluding hydrogens is 330 g/mol. The van der Waals surface area contributed by atoms with Crippen molar-refractivity contribution in [3.05, 3.63) is 29.8 Å². The number of rotatable bonds is 5. The van der Waals surface area contributed by atoms with Gasteiger partial charge in [0, 0.05) is 13.1 Å². The van der Waals surface area contributed by atoms with E-state index in [1.54, 1.807) is 4.90 Å². The van der Waals surface area contributed by atoms with Gasteiger partial charge in [-0.15, -0.1) is 0 Å². The minimum absolute atomic E-state index is 0.00397. The molecule has 1 heterocycles. The summed E-state index contributed by atoms with van der Waals surface area (Å²) < 4.78 is 10.8. The van der Waals surface area contributed by atoms with E-state index in [9.17, 15) is 9.59 Å². The van der Waals surface area contributed by atoms with Crippen LogP contribution in [0.5, 0.6) is 5.75 Å². The van der Waals surface area contributed by atoms with Gasteiger partial charge in [0.05, 0.1) is 13.0 Å². The molecule has 1 aromatic rings. The molecule has 0 aliphatic carbocycles. The molecule has 0 spiro atoms. The Kier molecular flexibility index (Phi) is 6.68. The Bertz CT molecular complexity index is 610. The number of carbonyl (C=O) groups is 2. The molecule has 1 atom stereocenters. The lowest BCUT2D eigenvalue weighted by Gasteiger charge is -2.33. The van der Waals surface area contributed by atoms with Gasteiger partial charge in [-0.05, 0) is 42.4 Å². The van der Waals surface area contributed by atoms with Crippen LogP contribution in [0.3, 0.4) is 0 Å². The molecule has 2 rings (SSSR count). The van der Waals surface area contributed by atoms with E-state index in [-0.39, 0.29) is 23.2 Å². The van der Waals surface area contributed by atoms with Gasteiger partial charge in [-0.1, -0.05) is 39.8 Å². The number of carbonyl (C=O) groups excluding carboxylic acids is 2. The summed E-state index contributed by atoms with van der Waals surface area (Å²) in [4.78, 5) is 26.2. The second-order valence-corrected chi connectivity index (χ2v) is 7.91. The van der Waals surface area contributed by atoms with E-state index in [1.807, 2.05) is 31.2 Å². The average molecular weight is 361 g/mol. The Labute approximate surface area is 156 Å². The molecule has 1 aliphatic heterocycles. The van der Waals surface area contributed by atoms with Crippen LogP contribution in [0.1, 0.15) is 52.5 Å². The van der Waals surface area contributed by atoms with E-state index < -0.39 is 6.10 Å². The third kappa shape index (κ3) is 4.99. The van der Waals surface area contributed by atoms with Gasteiger partial charge in [-0.3, -0.25) is 9.59 Å². The first-order chi connectivity index (χ1) is 12.3. The van der Waals surface area contributed by atoms with Crippen molar-refractivity contribution in [1.82, 2.24) is 4.90 Å². The number of hydrogen-bond donors (Lipinski definition) is 0. The highest BCUT2D eigenvalue weighted by molar-refractivity contribution is 5.81. The Hall–Kier alpha value is -2.04. The second-order valence-electron chi connectivity index (χ2n) is 7.91. The highest BCUT2D eigenvalue weighted by Crippen LogP contribution is 2.25. The van der Waals surface area contributed by atoms with Gasteiger partial charge >= 0.3 is 5.97 Å². The molecule has 5 nitrogen and oxygen atoms in total. The number of nitrogens with zero attached hydrogens (tertiary/aromatic N) is 1. The number of benzene rings is 1. The zero-order valence-corrected chi connectivity index (χ0v) is 16.6. The summed E-state index contributed by atoms with van der Waals surface area (Å²) in [5.74, 6) is 0.424. The van der Waals surface area contributed by atoms with Gasteiger partial charge < -0.3 is 14.4 Å². The quantitative estimate of drug-likeness (QED) is 0.753. The zero-order valence-electron chi connectivity index (χ0n) is 16.6.